The van der Waals surface area contributed by atoms with Crippen LogP contribution in [0.15, 0.2) is 47.6 Å². The summed E-state index contributed by atoms with van der Waals surface area (Å²) in [5.41, 5.74) is 0.937. The van der Waals surface area contributed by atoms with Crippen molar-refractivity contribution in [1.82, 2.24) is 15.6 Å². The average Bonchev–Trinajstić information content (AvgIpc) is 2.71. The first-order valence-corrected chi connectivity index (χ1v) is 9.42. The van der Waals surface area contributed by atoms with Crippen LogP contribution in [0.5, 0.6) is 11.6 Å². The Morgan fingerprint density at radius 2 is 1.93 bits per heavy atom. The molecule has 0 saturated heterocycles. The van der Waals surface area contributed by atoms with Crippen LogP contribution in [-0.2, 0) is 11.3 Å². The number of hydrogen-bond acceptors (Lipinski definition) is 5. The van der Waals surface area contributed by atoms with Gasteiger partial charge in [0.25, 0.3) is 0 Å². The lowest BCUT2D eigenvalue weighted by Gasteiger charge is -2.18. The fourth-order valence-electron chi connectivity index (χ4n) is 2.34. The fraction of sp³-hybridized carbons (Fsp3) is 0.400. The average molecular weight is 535 g/mol. The minimum atomic E-state index is -0.0499. The van der Waals surface area contributed by atoms with E-state index >= 15 is 0 Å². The van der Waals surface area contributed by atoms with Gasteiger partial charge in [-0.25, -0.2) is 4.98 Å². The number of halogens is 2. The first-order chi connectivity index (χ1) is 13.6. The second-order valence-electron chi connectivity index (χ2n) is 6.00. The molecule has 2 rings (SSSR count). The van der Waals surface area contributed by atoms with Crippen molar-refractivity contribution in [2.24, 2.45) is 4.99 Å². The van der Waals surface area contributed by atoms with Crippen molar-refractivity contribution >= 4 is 41.5 Å². The Labute approximate surface area is 194 Å². The number of nitrogens with zero attached hydrogens (tertiary/aromatic N) is 2. The number of nitrogens with one attached hydrogen (secondary N) is 2. The number of ether oxygens (including phenoxy) is 3. The summed E-state index contributed by atoms with van der Waals surface area (Å²) >= 11 is 5.89. The molecule has 0 saturated carbocycles. The van der Waals surface area contributed by atoms with E-state index in [1.807, 2.05) is 31.2 Å². The van der Waals surface area contributed by atoms with Crippen LogP contribution in [0, 0.1) is 0 Å². The van der Waals surface area contributed by atoms with Gasteiger partial charge in [-0.05, 0) is 37.3 Å². The molecule has 1 heterocycles. The number of pyridine rings is 1. The Morgan fingerprint density at radius 3 is 2.62 bits per heavy atom. The van der Waals surface area contributed by atoms with Crippen molar-refractivity contribution < 1.29 is 14.2 Å². The van der Waals surface area contributed by atoms with Gasteiger partial charge in [0.2, 0.25) is 5.88 Å². The van der Waals surface area contributed by atoms with E-state index < -0.39 is 0 Å². The van der Waals surface area contributed by atoms with Crippen molar-refractivity contribution in [2.75, 3.05) is 33.9 Å². The molecule has 1 atom stereocenters. The Bertz CT molecular complexity index is 747. The number of aliphatic imine (C=N–C) groups is 1. The van der Waals surface area contributed by atoms with Crippen LogP contribution in [0.25, 0.3) is 0 Å². The highest BCUT2D eigenvalue weighted by Gasteiger charge is 2.08. The molecule has 29 heavy (non-hydrogen) atoms. The van der Waals surface area contributed by atoms with Crippen LogP contribution < -0.4 is 20.1 Å². The van der Waals surface area contributed by atoms with Crippen LogP contribution in [0.3, 0.4) is 0 Å². The molecule has 0 spiro atoms. The summed E-state index contributed by atoms with van der Waals surface area (Å²) in [5.74, 6) is 2.02. The quantitative estimate of drug-likeness (QED) is 0.210. The number of rotatable bonds is 10. The Balaban J connectivity index is 0.00000420. The van der Waals surface area contributed by atoms with Gasteiger partial charge in [-0.15, -0.1) is 24.0 Å². The van der Waals surface area contributed by atoms with E-state index in [9.17, 15) is 0 Å². The van der Waals surface area contributed by atoms with Crippen LogP contribution >= 0.6 is 35.6 Å². The summed E-state index contributed by atoms with van der Waals surface area (Å²) in [6, 6.07) is 11.1. The maximum absolute atomic E-state index is 5.89. The van der Waals surface area contributed by atoms with Gasteiger partial charge < -0.3 is 24.8 Å². The third-order valence-electron chi connectivity index (χ3n) is 3.75. The van der Waals surface area contributed by atoms with E-state index in [0.717, 1.165) is 11.3 Å². The molecule has 1 aromatic heterocycles. The van der Waals surface area contributed by atoms with Gasteiger partial charge in [-0.1, -0.05) is 17.7 Å². The first-order valence-electron chi connectivity index (χ1n) is 9.04. The smallest absolute Gasteiger partial charge is 0.218 e. The lowest BCUT2D eigenvalue weighted by molar-refractivity contribution is 0.143. The molecule has 0 aliphatic rings. The molecule has 160 valence electrons. The summed E-state index contributed by atoms with van der Waals surface area (Å²) in [7, 11) is 3.36. The van der Waals surface area contributed by atoms with E-state index in [-0.39, 0.29) is 30.1 Å². The molecule has 7 nitrogen and oxygen atoms in total. The van der Waals surface area contributed by atoms with E-state index in [4.69, 9.17) is 25.8 Å². The van der Waals surface area contributed by atoms with Crippen LogP contribution in [-0.4, -0.2) is 51.0 Å². The third kappa shape index (κ3) is 9.51. The molecular formula is C20H28ClIN4O3. The van der Waals surface area contributed by atoms with Gasteiger partial charge in [0.05, 0.1) is 13.2 Å². The molecule has 2 aromatic rings. The topological polar surface area (TPSA) is 77.0 Å². The van der Waals surface area contributed by atoms with Crippen molar-refractivity contribution in [1.29, 1.82) is 0 Å². The molecule has 0 radical (unpaired) electrons. The molecule has 9 heteroatoms. The zero-order valence-corrected chi connectivity index (χ0v) is 19.9. The largest absolute Gasteiger partial charge is 0.489 e. The predicted molar refractivity (Wildman–Crippen MR) is 127 cm³/mol. The summed E-state index contributed by atoms with van der Waals surface area (Å²) < 4.78 is 16.5. The van der Waals surface area contributed by atoms with Crippen molar-refractivity contribution in [2.45, 2.75) is 19.6 Å². The minimum Gasteiger partial charge on any atom is -0.489 e. The second kappa shape index (κ2) is 14.2. The van der Waals surface area contributed by atoms with Gasteiger partial charge in [-0.3, -0.25) is 4.99 Å². The minimum absolute atomic E-state index is 0. The second-order valence-corrected chi connectivity index (χ2v) is 6.43. The van der Waals surface area contributed by atoms with Crippen molar-refractivity contribution in [3.8, 4) is 11.6 Å². The summed E-state index contributed by atoms with van der Waals surface area (Å²) in [6.07, 6.45) is 1.65. The highest BCUT2D eigenvalue weighted by atomic mass is 127. The molecule has 1 unspecified atom stereocenters. The SMILES string of the molecule is CN=C(NCc1cccnc1OCCOC)NCC(C)Oc1ccc(Cl)cc1.I. The monoisotopic (exact) mass is 534 g/mol. The predicted octanol–water partition coefficient (Wildman–Crippen LogP) is 3.51. The molecular weight excluding hydrogens is 507 g/mol. The Morgan fingerprint density at radius 1 is 1.17 bits per heavy atom. The number of methoxy groups -OCH3 is 1. The molecule has 0 aliphatic heterocycles. The molecule has 0 bridgehead atoms. The molecule has 1 aromatic carbocycles. The summed E-state index contributed by atoms with van der Waals surface area (Å²) in [6.45, 7) is 4.07. The maximum Gasteiger partial charge on any atom is 0.218 e. The standard InChI is InChI=1S/C20H27ClN4O3.HI/c1-15(28-18-8-6-17(21)7-9-18)13-24-20(22-2)25-14-16-5-4-10-23-19(16)27-12-11-26-3;/h4-10,15H,11-14H2,1-3H3,(H2,22,24,25);1H. The summed E-state index contributed by atoms with van der Waals surface area (Å²) in [4.78, 5) is 8.51. The highest BCUT2D eigenvalue weighted by molar-refractivity contribution is 14.0. The number of hydrogen-bond donors (Lipinski definition) is 2. The summed E-state index contributed by atoms with van der Waals surface area (Å²) in [5, 5.41) is 7.19. The lowest BCUT2D eigenvalue weighted by Crippen LogP contribution is -2.41. The van der Waals surface area contributed by atoms with Crippen molar-refractivity contribution in [3.05, 3.63) is 53.2 Å². The molecule has 2 N–H and O–H groups in total. The first kappa shape index (κ1) is 25.3. The van der Waals surface area contributed by atoms with Crippen LogP contribution in [0.2, 0.25) is 5.02 Å². The van der Waals surface area contributed by atoms with Gasteiger partial charge in [0.1, 0.15) is 18.5 Å². The molecule has 0 amide bonds. The zero-order chi connectivity index (χ0) is 20.2. The zero-order valence-electron chi connectivity index (χ0n) is 16.9. The third-order valence-corrected chi connectivity index (χ3v) is 4.01. The van der Waals surface area contributed by atoms with Crippen LogP contribution in [0.1, 0.15) is 12.5 Å². The van der Waals surface area contributed by atoms with Crippen LogP contribution in [0.4, 0.5) is 0 Å². The number of aromatic nitrogens is 1. The van der Waals surface area contributed by atoms with E-state index in [1.54, 1.807) is 32.5 Å². The van der Waals surface area contributed by atoms with E-state index in [1.165, 1.54) is 0 Å². The molecule has 0 fully saturated rings. The number of guanidine groups is 1. The van der Waals surface area contributed by atoms with E-state index in [2.05, 4.69) is 20.6 Å². The van der Waals surface area contributed by atoms with Gasteiger partial charge in [-0.2, -0.15) is 0 Å². The van der Waals surface area contributed by atoms with Gasteiger partial charge >= 0.3 is 0 Å². The van der Waals surface area contributed by atoms with E-state index in [0.29, 0.717) is 43.2 Å². The number of benzene rings is 1. The lowest BCUT2D eigenvalue weighted by atomic mass is 10.2. The van der Waals surface area contributed by atoms with Crippen molar-refractivity contribution in [3.63, 3.8) is 0 Å². The maximum atomic E-state index is 5.89. The highest BCUT2D eigenvalue weighted by Crippen LogP contribution is 2.16. The fourth-order valence-corrected chi connectivity index (χ4v) is 2.46. The molecule has 0 aliphatic carbocycles. The van der Waals surface area contributed by atoms with Gasteiger partial charge in [0.15, 0.2) is 5.96 Å². The Kier molecular flexibility index (Phi) is 12.4. The normalized spacial score (nSPS) is 11.9. The Hall–Kier alpha value is -1.78. The van der Waals surface area contributed by atoms with Gasteiger partial charge in [0, 0.05) is 37.5 Å².